The van der Waals surface area contributed by atoms with Crippen molar-refractivity contribution in [1.82, 2.24) is 25.4 Å². The topological polar surface area (TPSA) is 98.1 Å². The number of fused-ring (bicyclic) bond motifs is 1. The number of aromatic nitrogens is 3. The summed E-state index contributed by atoms with van der Waals surface area (Å²) in [5, 5.41) is 10.2. The van der Waals surface area contributed by atoms with Gasteiger partial charge in [0, 0.05) is 25.7 Å². The molecule has 2 N–H and O–H groups in total. The molecule has 9 heteroatoms. The van der Waals surface area contributed by atoms with E-state index in [1.807, 2.05) is 0 Å². The summed E-state index contributed by atoms with van der Waals surface area (Å²) in [6.45, 7) is 6.06. The maximum absolute atomic E-state index is 14.3. The SMILES string of the molecule is Cn1ncc2c(C(=O)NCCCNC(=O)OC(C)(C)C)cc(-c3ccccc3F)nc21. The van der Waals surface area contributed by atoms with Crippen LogP contribution in [0, 0.1) is 5.82 Å². The number of nitrogens with one attached hydrogen (secondary N) is 2. The number of carbonyl (C=O) groups is 2. The molecule has 0 aliphatic carbocycles. The molecule has 0 unspecified atom stereocenters. The van der Waals surface area contributed by atoms with Crippen LogP contribution < -0.4 is 10.6 Å². The third-order valence-electron chi connectivity index (χ3n) is 4.41. The molecule has 2 aromatic heterocycles. The molecule has 0 saturated heterocycles. The van der Waals surface area contributed by atoms with Gasteiger partial charge in [-0.2, -0.15) is 5.10 Å². The van der Waals surface area contributed by atoms with E-state index in [4.69, 9.17) is 4.74 Å². The lowest BCUT2D eigenvalue weighted by atomic mass is 10.1. The summed E-state index contributed by atoms with van der Waals surface area (Å²) in [5.41, 5.74) is 0.936. The Bertz CT molecular complexity index is 1100. The van der Waals surface area contributed by atoms with E-state index in [1.54, 1.807) is 63.0 Å². The van der Waals surface area contributed by atoms with Gasteiger partial charge in [-0.25, -0.2) is 14.2 Å². The summed E-state index contributed by atoms with van der Waals surface area (Å²) in [6.07, 6.45) is 1.58. The van der Waals surface area contributed by atoms with Crippen LogP contribution in [-0.4, -0.2) is 45.5 Å². The quantitative estimate of drug-likeness (QED) is 0.588. The summed E-state index contributed by atoms with van der Waals surface area (Å²) in [7, 11) is 1.71. The van der Waals surface area contributed by atoms with E-state index in [0.717, 1.165) is 0 Å². The predicted molar refractivity (Wildman–Crippen MR) is 115 cm³/mol. The first-order valence-electron chi connectivity index (χ1n) is 9.98. The first-order chi connectivity index (χ1) is 14.7. The van der Waals surface area contributed by atoms with Gasteiger partial charge in [0.1, 0.15) is 11.4 Å². The molecule has 0 fully saturated rings. The van der Waals surface area contributed by atoms with Crippen LogP contribution in [-0.2, 0) is 11.8 Å². The highest BCUT2D eigenvalue weighted by Crippen LogP contribution is 2.26. The Hall–Kier alpha value is -3.49. The van der Waals surface area contributed by atoms with E-state index in [9.17, 15) is 14.0 Å². The fourth-order valence-electron chi connectivity index (χ4n) is 3.00. The minimum atomic E-state index is -0.565. The molecule has 2 amide bonds. The molecule has 3 aromatic rings. The number of carbonyl (C=O) groups excluding carboxylic acids is 2. The van der Waals surface area contributed by atoms with Crippen molar-refractivity contribution in [3.05, 3.63) is 47.9 Å². The van der Waals surface area contributed by atoms with Crippen molar-refractivity contribution in [2.24, 2.45) is 7.05 Å². The maximum atomic E-state index is 14.3. The fourth-order valence-corrected chi connectivity index (χ4v) is 3.00. The molecule has 31 heavy (non-hydrogen) atoms. The van der Waals surface area contributed by atoms with E-state index < -0.39 is 17.5 Å². The molecule has 0 atom stereocenters. The number of ether oxygens (including phenoxy) is 1. The molecule has 164 valence electrons. The van der Waals surface area contributed by atoms with Gasteiger partial charge in [0.05, 0.1) is 22.8 Å². The van der Waals surface area contributed by atoms with Crippen molar-refractivity contribution in [3.63, 3.8) is 0 Å². The largest absolute Gasteiger partial charge is 0.444 e. The predicted octanol–water partition coefficient (Wildman–Crippen LogP) is 3.42. The van der Waals surface area contributed by atoms with Crippen molar-refractivity contribution in [2.45, 2.75) is 32.8 Å². The number of hydrogen-bond acceptors (Lipinski definition) is 5. The number of benzene rings is 1. The van der Waals surface area contributed by atoms with Crippen LogP contribution in [0.3, 0.4) is 0 Å². The number of amides is 2. The third kappa shape index (κ3) is 5.56. The molecule has 0 aliphatic rings. The van der Waals surface area contributed by atoms with Crippen LogP contribution in [0.1, 0.15) is 37.6 Å². The number of pyridine rings is 1. The van der Waals surface area contributed by atoms with E-state index >= 15 is 0 Å². The Labute approximate surface area is 179 Å². The van der Waals surface area contributed by atoms with E-state index in [2.05, 4.69) is 20.7 Å². The minimum Gasteiger partial charge on any atom is -0.444 e. The van der Waals surface area contributed by atoms with Gasteiger partial charge >= 0.3 is 6.09 Å². The number of hydrogen-bond donors (Lipinski definition) is 2. The summed E-state index contributed by atoms with van der Waals surface area (Å²) < 4.78 is 21.0. The number of aryl methyl sites for hydroxylation is 1. The first kappa shape index (κ1) is 22.2. The molecule has 2 heterocycles. The second kappa shape index (κ2) is 9.11. The summed E-state index contributed by atoms with van der Waals surface area (Å²) in [6, 6.07) is 7.84. The molecule has 0 spiro atoms. The van der Waals surface area contributed by atoms with Crippen LogP contribution in [0.4, 0.5) is 9.18 Å². The van der Waals surface area contributed by atoms with Gasteiger partial charge in [0.25, 0.3) is 5.91 Å². The second-order valence-electron chi connectivity index (χ2n) is 8.08. The van der Waals surface area contributed by atoms with Crippen molar-refractivity contribution >= 4 is 23.0 Å². The van der Waals surface area contributed by atoms with Gasteiger partial charge in [-0.1, -0.05) is 12.1 Å². The van der Waals surface area contributed by atoms with Crippen LogP contribution >= 0.6 is 0 Å². The highest BCUT2D eigenvalue weighted by atomic mass is 19.1. The lowest BCUT2D eigenvalue weighted by Crippen LogP contribution is -2.34. The lowest BCUT2D eigenvalue weighted by molar-refractivity contribution is 0.0527. The minimum absolute atomic E-state index is 0.307. The van der Waals surface area contributed by atoms with E-state index in [-0.39, 0.29) is 5.91 Å². The Kier molecular flexibility index (Phi) is 6.53. The summed E-state index contributed by atoms with van der Waals surface area (Å²) >= 11 is 0. The maximum Gasteiger partial charge on any atom is 0.407 e. The van der Waals surface area contributed by atoms with Crippen LogP contribution in [0.2, 0.25) is 0 Å². The van der Waals surface area contributed by atoms with Gasteiger partial charge in [0.15, 0.2) is 5.65 Å². The smallest absolute Gasteiger partial charge is 0.407 e. The van der Waals surface area contributed by atoms with Crippen LogP contribution in [0.5, 0.6) is 0 Å². The van der Waals surface area contributed by atoms with Crippen molar-refractivity contribution in [2.75, 3.05) is 13.1 Å². The standard InChI is InChI=1S/C22H26FN5O3/c1-22(2,3)31-21(30)25-11-7-10-24-20(29)15-12-18(14-8-5-6-9-17(14)23)27-19-16(15)13-26-28(19)4/h5-6,8-9,12-13H,7,10-11H2,1-4H3,(H,24,29)(H,25,30). The third-order valence-corrected chi connectivity index (χ3v) is 4.41. The Balaban J connectivity index is 1.70. The van der Waals surface area contributed by atoms with Crippen LogP contribution in [0.25, 0.3) is 22.3 Å². The molecular weight excluding hydrogens is 401 g/mol. The Morgan fingerprint density at radius 2 is 1.87 bits per heavy atom. The molecule has 0 aliphatic heterocycles. The zero-order chi connectivity index (χ0) is 22.6. The first-order valence-corrected chi connectivity index (χ1v) is 9.98. The average molecular weight is 427 g/mol. The highest BCUT2D eigenvalue weighted by molar-refractivity contribution is 6.06. The van der Waals surface area contributed by atoms with Crippen molar-refractivity contribution in [1.29, 1.82) is 0 Å². The number of alkyl carbamates (subject to hydrolysis) is 1. The Morgan fingerprint density at radius 3 is 2.58 bits per heavy atom. The van der Waals surface area contributed by atoms with Crippen molar-refractivity contribution < 1.29 is 18.7 Å². The van der Waals surface area contributed by atoms with Gasteiger partial charge in [0.2, 0.25) is 0 Å². The van der Waals surface area contributed by atoms with Crippen LogP contribution in [0.15, 0.2) is 36.5 Å². The highest BCUT2D eigenvalue weighted by Gasteiger charge is 2.18. The second-order valence-corrected chi connectivity index (χ2v) is 8.08. The van der Waals surface area contributed by atoms with Gasteiger partial charge in [-0.15, -0.1) is 0 Å². The summed E-state index contributed by atoms with van der Waals surface area (Å²) in [4.78, 5) is 29.0. The lowest BCUT2D eigenvalue weighted by Gasteiger charge is -2.19. The molecule has 1 aromatic carbocycles. The zero-order valence-electron chi connectivity index (χ0n) is 18.0. The monoisotopic (exact) mass is 427 g/mol. The molecule has 8 nitrogen and oxygen atoms in total. The van der Waals surface area contributed by atoms with Gasteiger partial charge in [-0.3, -0.25) is 9.48 Å². The summed E-state index contributed by atoms with van der Waals surface area (Å²) in [5.74, 6) is -0.744. The zero-order valence-corrected chi connectivity index (χ0v) is 18.0. The molecule has 0 saturated carbocycles. The van der Waals surface area contributed by atoms with Gasteiger partial charge < -0.3 is 15.4 Å². The van der Waals surface area contributed by atoms with Crippen molar-refractivity contribution in [3.8, 4) is 11.3 Å². The molecule has 0 radical (unpaired) electrons. The van der Waals surface area contributed by atoms with E-state index in [0.29, 0.717) is 47.4 Å². The number of halogens is 1. The number of nitrogens with zero attached hydrogens (tertiary/aromatic N) is 3. The average Bonchev–Trinajstić information content (AvgIpc) is 3.07. The van der Waals surface area contributed by atoms with E-state index in [1.165, 1.54) is 6.07 Å². The molecule has 3 rings (SSSR count). The van der Waals surface area contributed by atoms with Gasteiger partial charge in [-0.05, 0) is 45.4 Å². The molecular formula is C22H26FN5O3. The fraction of sp³-hybridized carbons (Fsp3) is 0.364. The molecule has 0 bridgehead atoms. The number of rotatable bonds is 6. The Morgan fingerprint density at radius 1 is 1.16 bits per heavy atom. The normalized spacial score (nSPS) is 11.4.